The summed E-state index contributed by atoms with van der Waals surface area (Å²) in [5.74, 6) is 1.09. The van der Waals surface area contributed by atoms with Crippen LogP contribution in [0.25, 0.3) is 10.9 Å². The van der Waals surface area contributed by atoms with E-state index in [0.29, 0.717) is 0 Å². The number of nitriles is 1. The van der Waals surface area contributed by atoms with Crippen LogP contribution >= 0.6 is 0 Å². The number of nitrogens with one attached hydrogen (secondary N) is 1. The van der Waals surface area contributed by atoms with Crippen molar-refractivity contribution in [3.05, 3.63) is 29.3 Å². The van der Waals surface area contributed by atoms with E-state index in [0.717, 1.165) is 49.5 Å². The van der Waals surface area contributed by atoms with Crippen molar-refractivity contribution in [2.45, 2.75) is 20.4 Å². The van der Waals surface area contributed by atoms with Crippen molar-refractivity contribution in [2.24, 2.45) is 0 Å². The van der Waals surface area contributed by atoms with Crippen molar-refractivity contribution in [3.63, 3.8) is 0 Å². The first-order valence-electron chi connectivity index (χ1n) is 7.25. The van der Waals surface area contributed by atoms with Gasteiger partial charge in [0.2, 0.25) is 0 Å². The predicted octanol–water partition coefficient (Wildman–Crippen LogP) is 2.25. The van der Waals surface area contributed by atoms with Gasteiger partial charge in [-0.1, -0.05) is 12.1 Å². The van der Waals surface area contributed by atoms with Crippen LogP contribution < -0.4 is 10.2 Å². The molecule has 1 fully saturated rings. The smallest absolute Gasteiger partial charge is 0.127 e. The number of piperazine rings is 1. The second kappa shape index (κ2) is 5.18. The molecule has 0 saturated carbocycles. The van der Waals surface area contributed by atoms with Gasteiger partial charge in [0.15, 0.2) is 0 Å². The van der Waals surface area contributed by atoms with Crippen molar-refractivity contribution < 1.29 is 0 Å². The van der Waals surface area contributed by atoms with Crippen molar-refractivity contribution in [1.82, 2.24) is 9.88 Å². The number of hydrogen-bond acceptors (Lipinski definition) is 3. The molecule has 1 aliphatic heterocycles. The molecule has 20 heavy (non-hydrogen) atoms. The van der Waals surface area contributed by atoms with Gasteiger partial charge in [-0.15, -0.1) is 0 Å². The number of aryl methyl sites for hydroxylation is 2. The number of anilines is 1. The summed E-state index contributed by atoms with van der Waals surface area (Å²) in [6.45, 7) is 9.02. The summed E-state index contributed by atoms with van der Waals surface area (Å²) in [5, 5.41) is 14.1. The Kier molecular flexibility index (Phi) is 3.37. The third-order valence-electron chi connectivity index (χ3n) is 4.04. The molecule has 0 aliphatic carbocycles. The summed E-state index contributed by atoms with van der Waals surface area (Å²) in [6, 6.07) is 8.79. The van der Waals surface area contributed by atoms with Crippen LogP contribution in [0.4, 0.5) is 5.82 Å². The highest BCUT2D eigenvalue weighted by Crippen LogP contribution is 2.33. The lowest BCUT2D eigenvalue weighted by molar-refractivity contribution is 0.575. The Balaban J connectivity index is 2.25. The molecule has 0 amide bonds. The molecule has 0 radical (unpaired) electrons. The normalized spacial score (nSPS) is 15.6. The number of aromatic nitrogens is 1. The summed E-state index contributed by atoms with van der Waals surface area (Å²) < 4.78 is 2.28. The van der Waals surface area contributed by atoms with Crippen LogP contribution in [-0.2, 0) is 6.54 Å². The highest BCUT2D eigenvalue weighted by molar-refractivity contribution is 5.93. The minimum Gasteiger partial charge on any atom is -0.354 e. The van der Waals surface area contributed by atoms with Crippen molar-refractivity contribution in [3.8, 4) is 6.07 Å². The van der Waals surface area contributed by atoms with Crippen LogP contribution in [0.3, 0.4) is 0 Å². The van der Waals surface area contributed by atoms with E-state index in [4.69, 9.17) is 0 Å². The highest BCUT2D eigenvalue weighted by Gasteiger charge is 2.22. The fourth-order valence-electron chi connectivity index (χ4n) is 3.08. The Morgan fingerprint density at radius 1 is 1.30 bits per heavy atom. The first-order valence-corrected chi connectivity index (χ1v) is 7.25. The van der Waals surface area contributed by atoms with Crippen LogP contribution in [0.2, 0.25) is 0 Å². The van der Waals surface area contributed by atoms with Gasteiger partial charge in [0.05, 0.1) is 5.52 Å². The molecule has 0 spiro atoms. The van der Waals surface area contributed by atoms with E-state index in [1.54, 1.807) is 0 Å². The van der Waals surface area contributed by atoms with Gasteiger partial charge in [0, 0.05) is 38.1 Å². The first-order chi connectivity index (χ1) is 9.76. The van der Waals surface area contributed by atoms with E-state index in [-0.39, 0.29) is 0 Å². The molecule has 3 rings (SSSR count). The quantitative estimate of drug-likeness (QED) is 0.908. The zero-order chi connectivity index (χ0) is 14.1. The SMILES string of the molecule is CCn1c(N2CCNCC2)c(C#N)c2ccc(C)cc21. The van der Waals surface area contributed by atoms with Gasteiger partial charge in [-0.3, -0.25) is 0 Å². The van der Waals surface area contributed by atoms with Gasteiger partial charge in [-0.2, -0.15) is 5.26 Å². The average Bonchev–Trinajstić information content (AvgIpc) is 2.80. The lowest BCUT2D eigenvalue weighted by Crippen LogP contribution is -2.44. The lowest BCUT2D eigenvalue weighted by Gasteiger charge is -2.30. The fraction of sp³-hybridized carbons (Fsp3) is 0.438. The Bertz CT molecular complexity index is 672. The van der Waals surface area contributed by atoms with Crippen molar-refractivity contribution in [1.29, 1.82) is 5.26 Å². The summed E-state index contributed by atoms with van der Waals surface area (Å²) in [7, 11) is 0. The number of rotatable bonds is 2. The van der Waals surface area contributed by atoms with E-state index < -0.39 is 0 Å². The molecule has 4 heteroatoms. The molecule has 2 aromatic rings. The minimum absolute atomic E-state index is 0.823. The largest absolute Gasteiger partial charge is 0.354 e. The topological polar surface area (TPSA) is 44.0 Å². The zero-order valence-corrected chi connectivity index (χ0v) is 12.1. The molecule has 0 bridgehead atoms. The van der Waals surface area contributed by atoms with E-state index >= 15 is 0 Å². The molecule has 1 aliphatic rings. The Morgan fingerprint density at radius 2 is 2.05 bits per heavy atom. The van der Waals surface area contributed by atoms with E-state index in [9.17, 15) is 5.26 Å². The van der Waals surface area contributed by atoms with Gasteiger partial charge >= 0.3 is 0 Å². The Morgan fingerprint density at radius 3 is 2.70 bits per heavy atom. The van der Waals surface area contributed by atoms with Crippen LogP contribution in [0, 0.1) is 18.3 Å². The maximum atomic E-state index is 9.62. The number of hydrogen-bond donors (Lipinski definition) is 1. The number of fused-ring (bicyclic) bond motifs is 1. The monoisotopic (exact) mass is 268 g/mol. The Hall–Kier alpha value is -1.99. The van der Waals surface area contributed by atoms with Gasteiger partial charge < -0.3 is 14.8 Å². The van der Waals surface area contributed by atoms with Crippen LogP contribution in [0.1, 0.15) is 18.1 Å². The van der Waals surface area contributed by atoms with Crippen molar-refractivity contribution >= 4 is 16.7 Å². The number of nitrogens with zero attached hydrogens (tertiary/aromatic N) is 3. The van der Waals surface area contributed by atoms with Gasteiger partial charge in [-0.25, -0.2) is 0 Å². The highest BCUT2D eigenvalue weighted by atomic mass is 15.3. The minimum atomic E-state index is 0.823. The average molecular weight is 268 g/mol. The lowest BCUT2D eigenvalue weighted by atomic mass is 10.1. The second-order valence-corrected chi connectivity index (χ2v) is 5.31. The van der Waals surface area contributed by atoms with Gasteiger partial charge in [-0.05, 0) is 25.5 Å². The second-order valence-electron chi connectivity index (χ2n) is 5.31. The summed E-state index contributed by atoms with van der Waals surface area (Å²) in [4.78, 5) is 2.34. The third kappa shape index (κ3) is 1.95. The van der Waals surface area contributed by atoms with Crippen LogP contribution in [0.15, 0.2) is 18.2 Å². The van der Waals surface area contributed by atoms with Crippen LogP contribution in [0.5, 0.6) is 0 Å². The molecule has 0 atom stereocenters. The molecule has 1 aromatic carbocycles. The molecular weight excluding hydrogens is 248 g/mol. The third-order valence-corrected chi connectivity index (χ3v) is 4.04. The van der Waals surface area contributed by atoms with Gasteiger partial charge in [0.25, 0.3) is 0 Å². The zero-order valence-electron chi connectivity index (χ0n) is 12.1. The van der Waals surface area contributed by atoms with Gasteiger partial charge in [0.1, 0.15) is 17.5 Å². The summed E-state index contributed by atoms with van der Waals surface area (Å²) in [6.07, 6.45) is 0. The molecule has 1 aromatic heterocycles. The summed E-state index contributed by atoms with van der Waals surface area (Å²) in [5.41, 5.74) is 3.24. The number of benzene rings is 1. The standard InChI is InChI=1S/C16H20N4/c1-3-20-15-10-12(2)4-5-13(15)14(11-17)16(20)19-8-6-18-7-9-19/h4-5,10,18H,3,6-9H2,1-2H3. The summed E-state index contributed by atoms with van der Waals surface area (Å²) >= 11 is 0. The predicted molar refractivity (Wildman–Crippen MR) is 82.1 cm³/mol. The molecule has 4 nitrogen and oxygen atoms in total. The molecule has 104 valence electrons. The first kappa shape index (κ1) is 13.0. The maximum Gasteiger partial charge on any atom is 0.127 e. The van der Waals surface area contributed by atoms with E-state index in [1.807, 2.05) is 0 Å². The molecule has 1 saturated heterocycles. The molecule has 1 N–H and O–H groups in total. The Labute approximate surface area is 119 Å². The molecule has 2 heterocycles. The van der Waals surface area contributed by atoms with Crippen LogP contribution in [-0.4, -0.2) is 30.7 Å². The van der Waals surface area contributed by atoms with Crippen molar-refractivity contribution in [2.75, 3.05) is 31.1 Å². The fourth-order valence-corrected chi connectivity index (χ4v) is 3.08. The maximum absolute atomic E-state index is 9.62. The van der Waals surface area contributed by atoms with E-state index in [1.165, 1.54) is 11.1 Å². The molecule has 0 unspecified atom stereocenters. The molecular formula is C16H20N4. The van der Waals surface area contributed by atoms with E-state index in [2.05, 4.69) is 52.9 Å².